The summed E-state index contributed by atoms with van der Waals surface area (Å²) in [7, 11) is 0. The largest absolute Gasteiger partial charge is 0.348 e. The van der Waals surface area contributed by atoms with Crippen molar-refractivity contribution in [3.8, 4) is 10.6 Å². The lowest BCUT2D eigenvalue weighted by molar-refractivity contribution is 0.0938. The maximum absolute atomic E-state index is 12.5. The molecule has 6 heteroatoms. The lowest BCUT2D eigenvalue weighted by Crippen LogP contribution is -2.37. The van der Waals surface area contributed by atoms with Crippen LogP contribution in [0.1, 0.15) is 28.2 Å². The normalized spacial score (nSPS) is 15.7. The van der Waals surface area contributed by atoms with Crippen LogP contribution in [-0.2, 0) is 0 Å². The molecule has 1 aliphatic heterocycles. The fourth-order valence-electron chi connectivity index (χ4n) is 2.42. The minimum atomic E-state index is 0.00659. The Morgan fingerprint density at radius 1 is 1.27 bits per heavy atom. The standard InChI is InChI=1S/C16H17ClN2OS2/c1-10-14(15(20)19-13-6-8-21-9-7-13)22-16(18-10)11-2-4-12(17)5-3-11/h2-5,13H,6-9H2,1H3,(H,19,20). The first-order valence-corrected chi connectivity index (χ1v) is 9.60. The Morgan fingerprint density at radius 3 is 2.64 bits per heavy atom. The molecule has 1 aliphatic rings. The fraction of sp³-hybridized carbons (Fsp3) is 0.375. The van der Waals surface area contributed by atoms with Crippen molar-refractivity contribution in [1.29, 1.82) is 0 Å². The Hall–Kier alpha value is -1.04. The summed E-state index contributed by atoms with van der Waals surface area (Å²) in [5.74, 6) is 2.26. The van der Waals surface area contributed by atoms with Gasteiger partial charge in [-0.15, -0.1) is 11.3 Å². The van der Waals surface area contributed by atoms with Crippen LogP contribution in [0.15, 0.2) is 24.3 Å². The van der Waals surface area contributed by atoms with E-state index in [9.17, 15) is 4.79 Å². The average molecular weight is 353 g/mol. The predicted molar refractivity (Wildman–Crippen MR) is 95.1 cm³/mol. The van der Waals surface area contributed by atoms with Gasteiger partial charge in [0.1, 0.15) is 9.88 Å². The smallest absolute Gasteiger partial charge is 0.263 e. The number of hydrogen-bond donors (Lipinski definition) is 1. The molecule has 0 bridgehead atoms. The summed E-state index contributed by atoms with van der Waals surface area (Å²) < 4.78 is 0. The molecule has 3 rings (SSSR count). The maximum atomic E-state index is 12.5. The quantitative estimate of drug-likeness (QED) is 0.890. The Morgan fingerprint density at radius 2 is 1.95 bits per heavy atom. The highest BCUT2D eigenvalue weighted by Gasteiger charge is 2.21. The molecule has 22 heavy (non-hydrogen) atoms. The molecule has 0 radical (unpaired) electrons. The SMILES string of the molecule is Cc1nc(-c2ccc(Cl)cc2)sc1C(=O)NC1CCSCC1. The lowest BCUT2D eigenvalue weighted by atomic mass is 10.1. The van der Waals surface area contributed by atoms with Crippen molar-refractivity contribution in [3.05, 3.63) is 39.9 Å². The van der Waals surface area contributed by atoms with Crippen molar-refractivity contribution in [2.75, 3.05) is 11.5 Å². The molecule has 0 unspecified atom stereocenters. The second-order valence-corrected chi connectivity index (χ2v) is 7.96. The van der Waals surface area contributed by atoms with E-state index in [1.54, 1.807) is 0 Å². The van der Waals surface area contributed by atoms with E-state index >= 15 is 0 Å². The summed E-state index contributed by atoms with van der Waals surface area (Å²) in [6.45, 7) is 1.89. The molecular weight excluding hydrogens is 336 g/mol. The van der Waals surface area contributed by atoms with Gasteiger partial charge in [-0.1, -0.05) is 23.7 Å². The summed E-state index contributed by atoms with van der Waals surface area (Å²) in [5, 5.41) is 4.71. The molecule has 0 aliphatic carbocycles. The Bertz CT molecular complexity index is 663. The van der Waals surface area contributed by atoms with E-state index in [-0.39, 0.29) is 5.91 Å². The molecule has 1 aromatic heterocycles. The molecule has 0 atom stereocenters. The summed E-state index contributed by atoms with van der Waals surface area (Å²) in [4.78, 5) is 17.7. The van der Waals surface area contributed by atoms with Gasteiger partial charge in [-0.25, -0.2) is 4.98 Å². The number of carbonyl (C=O) groups excluding carboxylic acids is 1. The van der Waals surface area contributed by atoms with Crippen LogP contribution >= 0.6 is 34.7 Å². The molecule has 1 aromatic carbocycles. The Labute approximate surface area is 143 Å². The predicted octanol–water partition coefficient (Wildman–Crippen LogP) is 4.40. The van der Waals surface area contributed by atoms with Gasteiger partial charge in [0.25, 0.3) is 5.91 Å². The van der Waals surface area contributed by atoms with Crippen molar-refractivity contribution in [2.45, 2.75) is 25.8 Å². The molecule has 2 aromatic rings. The monoisotopic (exact) mass is 352 g/mol. The van der Waals surface area contributed by atoms with Crippen molar-refractivity contribution in [2.24, 2.45) is 0 Å². The van der Waals surface area contributed by atoms with Crippen molar-refractivity contribution >= 4 is 40.6 Å². The van der Waals surface area contributed by atoms with Gasteiger partial charge in [-0.2, -0.15) is 11.8 Å². The number of nitrogens with zero attached hydrogens (tertiary/aromatic N) is 1. The average Bonchev–Trinajstić information content (AvgIpc) is 2.91. The highest BCUT2D eigenvalue weighted by molar-refractivity contribution is 7.99. The van der Waals surface area contributed by atoms with Gasteiger partial charge in [-0.05, 0) is 43.4 Å². The minimum Gasteiger partial charge on any atom is -0.348 e. The second-order valence-electron chi connectivity index (χ2n) is 5.30. The van der Waals surface area contributed by atoms with Gasteiger partial charge in [0.05, 0.1) is 5.69 Å². The van der Waals surface area contributed by atoms with E-state index < -0.39 is 0 Å². The second kappa shape index (κ2) is 7.02. The van der Waals surface area contributed by atoms with Crippen LogP contribution < -0.4 is 5.32 Å². The van der Waals surface area contributed by atoms with E-state index in [1.807, 2.05) is 43.0 Å². The number of nitrogens with one attached hydrogen (secondary N) is 1. The van der Waals surface area contributed by atoms with Crippen LogP contribution in [0.5, 0.6) is 0 Å². The zero-order chi connectivity index (χ0) is 15.5. The number of thioether (sulfide) groups is 1. The van der Waals surface area contributed by atoms with Gasteiger partial charge >= 0.3 is 0 Å². The number of aromatic nitrogens is 1. The van der Waals surface area contributed by atoms with Crippen LogP contribution in [0.4, 0.5) is 0 Å². The van der Waals surface area contributed by atoms with Crippen molar-refractivity contribution in [3.63, 3.8) is 0 Å². The molecule has 1 fully saturated rings. The summed E-state index contributed by atoms with van der Waals surface area (Å²) in [6, 6.07) is 7.84. The number of thiazole rings is 1. The minimum absolute atomic E-state index is 0.00659. The molecule has 1 saturated heterocycles. The summed E-state index contributed by atoms with van der Waals surface area (Å²) in [5.41, 5.74) is 1.78. The number of rotatable bonds is 3. The molecular formula is C16H17ClN2OS2. The van der Waals surface area contributed by atoms with Gasteiger partial charge in [-0.3, -0.25) is 4.79 Å². The van der Waals surface area contributed by atoms with E-state index in [4.69, 9.17) is 11.6 Å². The fourth-order valence-corrected chi connectivity index (χ4v) is 4.62. The third-order valence-electron chi connectivity index (χ3n) is 3.65. The topological polar surface area (TPSA) is 42.0 Å². The van der Waals surface area contributed by atoms with Crippen LogP contribution in [-0.4, -0.2) is 28.4 Å². The molecule has 1 amide bonds. The molecule has 0 saturated carbocycles. The van der Waals surface area contributed by atoms with Crippen LogP contribution in [0, 0.1) is 6.92 Å². The van der Waals surface area contributed by atoms with Crippen molar-refractivity contribution in [1.82, 2.24) is 10.3 Å². The number of hydrogen-bond acceptors (Lipinski definition) is 4. The molecule has 0 spiro atoms. The third kappa shape index (κ3) is 3.65. The van der Waals surface area contributed by atoms with Crippen molar-refractivity contribution < 1.29 is 4.79 Å². The highest BCUT2D eigenvalue weighted by Crippen LogP contribution is 2.29. The Balaban J connectivity index is 1.76. The number of halogens is 1. The summed E-state index contributed by atoms with van der Waals surface area (Å²) >= 11 is 9.31. The van der Waals surface area contributed by atoms with Crippen LogP contribution in [0.3, 0.4) is 0 Å². The number of aryl methyl sites for hydroxylation is 1. The number of amides is 1. The van der Waals surface area contributed by atoms with Crippen LogP contribution in [0.2, 0.25) is 5.02 Å². The first kappa shape index (κ1) is 15.8. The maximum Gasteiger partial charge on any atom is 0.263 e. The first-order valence-electron chi connectivity index (χ1n) is 7.25. The van der Waals surface area contributed by atoms with Crippen LogP contribution in [0.25, 0.3) is 10.6 Å². The molecule has 116 valence electrons. The molecule has 3 nitrogen and oxygen atoms in total. The molecule has 2 heterocycles. The van der Waals surface area contributed by atoms with E-state index in [0.29, 0.717) is 15.9 Å². The highest BCUT2D eigenvalue weighted by atomic mass is 35.5. The Kier molecular flexibility index (Phi) is 5.06. The third-order valence-corrected chi connectivity index (χ3v) is 6.16. The van der Waals surface area contributed by atoms with Gasteiger partial charge in [0.2, 0.25) is 0 Å². The summed E-state index contributed by atoms with van der Waals surface area (Å²) in [6.07, 6.45) is 2.11. The number of carbonyl (C=O) groups is 1. The van der Waals surface area contributed by atoms with E-state index in [1.165, 1.54) is 11.3 Å². The zero-order valence-electron chi connectivity index (χ0n) is 12.3. The number of benzene rings is 1. The van der Waals surface area contributed by atoms with Gasteiger partial charge in [0, 0.05) is 16.6 Å². The molecule has 1 N–H and O–H groups in total. The van der Waals surface area contributed by atoms with E-state index in [0.717, 1.165) is 40.6 Å². The van der Waals surface area contributed by atoms with Gasteiger partial charge in [0.15, 0.2) is 0 Å². The lowest BCUT2D eigenvalue weighted by Gasteiger charge is -2.22. The first-order chi connectivity index (χ1) is 10.6. The van der Waals surface area contributed by atoms with E-state index in [2.05, 4.69) is 10.3 Å². The zero-order valence-corrected chi connectivity index (χ0v) is 14.7. The van der Waals surface area contributed by atoms with Gasteiger partial charge < -0.3 is 5.32 Å².